The van der Waals surface area contributed by atoms with E-state index in [2.05, 4.69) is 0 Å². The van der Waals surface area contributed by atoms with E-state index >= 15 is 0 Å². The van der Waals surface area contributed by atoms with Gasteiger partial charge in [0, 0.05) is 17.7 Å². The SMILES string of the molecule is COc1cc(OCc2ccccc2)ccc1-c1c(Cl)cccc1[N+](=O)[O-]. The minimum atomic E-state index is -0.458. The molecule has 0 fully saturated rings. The summed E-state index contributed by atoms with van der Waals surface area (Å²) in [7, 11) is 1.50. The van der Waals surface area contributed by atoms with Crippen molar-refractivity contribution in [2.24, 2.45) is 0 Å². The Labute approximate surface area is 155 Å². The number of nitro benzene ring substituents is 1. The van der Waals surface area contributed by atoms with Crippen LogP contribution in [-0.2, 0) is 6.61 Å². The van der Waals surface area contributed by atoms with Gasteiger partial charge in [0.05, 0.1) is 22.6 Å². The molecule has 26 heavy (non-hydrogen) atoms. The van der Waals surface area contributed by atoms with Crippen LogP contribution < -0.4 is 9.47 Å². The fourth-order valence-corrected chi connectivity index (χ4v) is 2.91. The third-order valence-corrected chi connectivity index (χ3v) is 4.19. The Morgan fingerprint density at radius 3 is 2.50 bits per heavy atom. The number of rotatable bonds is 6. The second-order valence-electron chi connectivity index (χ2n) is 5.53. The largest absolute Gasteiger partial charge is 0.496 e. The van der Waals surface area contributed by atoms with Gasteiger partial charge in [-0.3, -0.25) is 10.1 Å². The standard InChI is InChI=1S/C20H16ClNO4/c1-25-19-12-15(26-13-14-6-3-2-4-7-14)10-11-16(19)20-17(21)8-5-9-18(20)22(23)24/h2-12H,13H2,1H3. The van der Waals surface area contributed by atoms with Gasteiger partial charge in [-0.2, -0.15) is 0 Å². The molecule has 3 aromatic carbocycles. The predicted molar refractivity (Wildman–Crippen MR) is 101 cm³/mol. The van der Waals surface area contributed by atoms with Crippen molar-refractivity contribution >= 4 is 17.3 Å². The van der Waals surface area contributed by atoms with E-state index in [9.17, 15) is 10.1 Å². The second kappa shape index (κ2) is 7.89. The van der Waals surface area contributed by atoms with E-state index in [4.69, 9.17) is 21.1 Å². The molecule has 0 unspecified atom stereocenters. The minimum absolute atomic E-state index is 0.0752. The predicted octanol–water partition coefficient (Wildman–Crippen LogP) is 5.50. The summed E-state index contributed by atoms with van der Waals surface area (Å²) in [6, 6.07) is 19.5. The Kier molecular flexibility index (Phi) is 5.39. The maximum Gasteiger partial charge on any atom is 0.278 e. The Morgan fingerprint density at radius 2 is 1.81 bits per heavy atom. The Hall–Kier alpha value is -3.05. The molecule has 0 bridgehead atoms. The topological polar surface area (TPSA) is 61.6 Å². The Morgan fingerprint density at radius 1 is 1.04 bits per heavy atom. The molecule has 0 aliphatic rings. The van der Waals surface area contributed by atoms with E-state index in [1.807, 2.05) is 30.3 Å². The van der Waals surface area contributed by atoms with E-state index < -0.39 is 4.92 Å². The van der Waals surface area contributed by atoms with Crippen LogP contribution in [0.1, 0.15) is 5.56 Å². The summed E-state index contributed by atoms with van der Waals surface area (Å²) in [5, 5.41) is 11.6. The second-order valence-corrected chi connectivity index (χ2v) is 5.93. The number of methoxy groups -OCH3 is 1. The number of nitro groups is 1. The molecule has 0 aliphatic carbocycles. The smallest absolute Gasteiger partial charge is 0.278 e. The van der Waals surface area contributed by atoms with Crippen molar-refractivity contribution in [2.75, 3.05) is 7.11 Å². The van der Waals surface area contributed by atoms with Crippen LogP contribution in [0.3, 0.4) is 0 Å². The number of nitrogens with zero attached hydrogens (tertiary/aromatic N) is 1. The lowest BCUT2D eigenvalue weighted by Crippen LogP contribution is -1.98. The lowest BCUT2D eigenvalue weighted by Gasteiger charge is -2.13. The van der Waals surface area contributed by atoms with Gasteiger partial charge in [-0.15, -0.1) is 0 Å². The maximum absolute atomic E-state index is 11.4. The first-order valence-corrected chi connectivity index (χ1v) is 8.26. The summed E-state index contributed by atoms with van der Waals surface area (Å²) in [6.07, 6.45) is 0. The van der Waals surface area contributed by atoms with Gasteiger partial charge in [0.2, 0.25) is 0 Å². The van der Waals surface area contributed by atoms with E-state index in [0.29, 0.717) is 29.2 Å². The molecule has 3 rings (SSSR count). The molecule has 0 aromatic heterocycles. The summed E-state index contributed by atoms with van der Waals surface area (Å²) in [6.45, 7) is 0.412. The molecule has 0 amide bonds. The highest BCUT2D eigenvalue weighted by Gasteiger charge is 2.21. The summed E-state index contributed by atoms with van der Waals surface area (Å²) < 4.78 is 11.2. The van der Waals surface area contributed by atoms with Crippen molar-refractivity contribution in [1.29, 1.82) is 0 Å². The third kappa shape index (κ3) is 3.78. The number of benzene rings is 3. The molecule has 0 saturated carbocycles. The highest BCUT2D eigenvalue weighted by atomic mass is 35.5. The van der Waals surface area contributed by atoms with Crippen LogP contribution >= 0.6 is 11.6 Å². The van der Waals surface area contributed by atoms with Crippen molar-refractivity contribution < 1.29 is 14.4 Å². The van der Waals surface area contributed by atoms with E-state index in [-0.39, 0.29) is 10.7 Å². The van der Waals surface area contributed by atoms with Crippen molar-refractivity contribution in [2.45, 2.75) is 6.61 Å². The monoisotopic (exact) mass is 369 g/mol. The summed E-state index contributed by atoms with van der Waals surface area (Å²) in [5.74, 6) is 1.05. The van der Waals surface area contributed by atoms with Crippen molar-refractivity contribution in [3.05, 3.63) is 87.4 Å². The fourth-order valence-electron chi connectivity index (χ4n) is 2.64. The summed E-state index contributed by atoms with van der Waals surface area (Å²) in [5.41, 5.74) is 1.83. The van der Waals surface area contributed by atoms with Crippen LogP contribution in [0.25, 0.3) is 11.1 Å². The van der Waals surface area contributed by atoms with Gasteiger partial charge in [-0.05, 0) is 23.8 Å². The highest BCUT2D eigenvalue weighted by Crippen LogP contribution is 2.42. The normalized spacial score (nSPS) is 10.4. The lowest BCUT2D eigenvalue weighted by molar-refractivity contribution is -0.384. The van der Waals surface area contributed by atoms with Gasteiger partial charge in [0.1, 0.15) is 18.1 Å². The zero-order valence-electron chi connectivity index (χ0n) is 14.0. The summed E-state index contributed by atoms with van der Waals surface area (Å²) >= 11 is 6.23. The Bertz CT molecular complexity index is 928. The minimum Gasteiger partial charge on any atom is -0.496 e. The first-order valence-electron chi connectivity index (χ1n) is 7.88. The number of hydrogen-bond donors (Lipinski definition) is 0. The molecular formula is C20H16ClNO4. The van der Waals surface area contributed by atoms with Crippen molar-refractivity contribution in [1.82, 2.24) is 0 Å². The van der Waals surface area contributed by atoms with E-state index in [1.165, 1.54) is 13.2 Å². The van der Waals surface area contributed by atoms with Crippen LogP contribution in [0, 0.1) is 10.1 Å². The number of halogens is 1. The average Bonchev–Trinajstić information content (AvgIpc) is 2.67. The summed E-state index contributed by atoms with van der Waals surface area (Å²) in [4.78, 5) is 10.9. The van der Waals surface area contributed by atoms with Gasteiger partial charge in [-0.25, -0.2) is 0 Å². The van der Waals surface area contributed by atoms with E-state index in [1.54, 1.807) is 30.3 Å². The van der Waals surface area contributed by atoms with Gasteiger partial charge < -0.3 is 9.47 Å². The fraction of sp³-hybridized carbons (Fsp3) is 0.100. The average molecular weight is 370 g/mol. The molecule has 0 spiro atoms. The van der Waals surface area contributed by atoms with Crippen molar-refractivity contribution in [3.63, 3.8) is 0 Å². The molecule has 5 nitrogen and oxygen atoms in total. The quantitative estimate of drug-likeness (QED) is 0.425. The van der Waals surface area contributed by atoms with Crippen LogP contribution in [0.5, 0.6) is 11.5 Å². The first-order chi connectivity index (χ1) is 12.6. The molecule has 0 heterocycles. The molecule has 0 atom stereocenters. The molecule has 132 valence electrons. The highest BCUT2D eigenvalue weighted by molar-refractivity contribution is 6.34. The zero-order chi connectivity index (χ0) is 18.5. The molecule has 6 heteroatoms. The Balaban J connectivity index is 1.94. The van der Waals surface area contributed by atoms with Crippen molar-refractivity contribution in [3.8, 4) is 22.6 Å². The maximum atomic E-state index is 11.4. The van der Waals surface area contributed by atoms with Gasteiger partial charge in [0.15, 0.2) is 0 Å². The van der Waals surface area contributed by atoms with Gasteiger partial charge in [0.25, 0.3) is 5.69 Å². The van der Waals surface area contributed by atoms with E-state index in [0.717, 1.165) is 5.56 Å². The number of ether oxygens (including phenoxy) is 2. The molecule has 0 aliphatic heterocycles. The van der Waals surface area contributed by atoms with Gasteiger partial charge in [-0.1, -0.05) is 48.0 Å². The molecular weight excluding hydrogens is 354 g/mol. The van der Waals surface area contributed by atoms with Crippen LogP contribution in [-0.4, -0.2) is 12.0 Å². The van der Waals surface area contributed by atoms with Gasteiger partial charge >= 0.3 is 0 Å². The number of hydrogen-bond acceptors (Lipinski definition) is 4. The first kappa shape index (κ1) is 17.8. The third-order valence-electron chi connectivity index (χ3n) is 3.88. The molecule has 0 saturated heterocycles. The molecule has 0 radical (unpaired) electrons. The zero-order valence-corrected chi connectivity index (χ0v) is 14.8. The lowest BCUT2D eigenvalue weighted by atomic mass is 10.0. The van der Waals surface area contributed by atoms with Crippen LogP contribution in [0.2, 0.25) is 5.02 Å². The van der Waals surface area contributed by atoms with Crippen LogP contribution in [0.4, 0.5) is 5.69 Å². The van der Waals surface area contributed by atoms with Crippen LogP contribution in [0.15, 0.2) is 66.7 Å². The molecule has 0 N–H and O–H groups in total. The molecule has 3 aromatic rings.